The minimum atomic E-state index is -1.04. The molecule has 0 radical (unpaired) electrons. The lowest BCUT2D eigenvalue weighted by Gasteiger charge is -2.25. The number of hydrogen-bond donors (Lipinski definition) is 3. The van der Waals surface area contributed by atoms with E-state index in [-0.39, 0.29) is 71.1 Å². The summed E-state index contributed by atoms with van der Waals surface area (Å²) in [5, 5.41) is 8.29. The number of nitrogens with one attached hydrogen (secondary N) is 3. The molecule has 0 saturated carbocycles. The smallest absolute Gasteiger partial charge is 0.307 e. The van der Waals surface area contributed by atoms with Crippen LogP contribution in [0, 0.1) is 9.49 Å². The Bertz CT molecular complexity index is 2110. The maximum absolute atomic E-state index is 13.6. The lowest BCUT2D eigenvalue weighted by Crippen LogP contribution is -2.56. The summed E-state index contributed by atoms with van der Waals surface area (Å²) in [6, 6.07) is 5.53. The first-order valence-electron chi connectivity index (χ1n) is 14.6. The fraction of sp³-hybridized carbons (Fsp3) is 0.226. The third kappa shape index (κ3) is 6.48. The zero-order valence-electron chi connectivity index (χ0n) is 25.2. The van der Waals surface area contributed by atoms with Gasteiger partial charge in [-0.15, -0.1) is 0 Å². The number of amides is 3. The Hall–Kier alpha value is -5.59. The third-order valence-corrected chi connectivity index (χ3v) is 8.02. The van der Waals surface area contributed by atoms with Crippen molar-refractivity contribution in [3.8, 4) is 46.3 Å². The van der Waals surface area contributed by atoms with E-state index < -0.39 is 29.8 Å². The van der Waals surface area contributed by atoms with Crippen molar-refractivity contribution in [2.24, 2.45) is 5.92 Å². The van der Waals surface area contributed by atoms with Gasteiger partial charge >= 0.3 is 5.91 Å². The highest BCUT2D eigenvalue weighted by Gasteiger charge is 2.31. The summed E-state index contributed by atoms with van der Waals surface area (Å²) in [5.41, 5.74) is 2.14. The van der Waals surface area contributed by atoms with E-state index >= 15 is 0 Å². The van der Waals surface area contributed by atoms with Crippen molar-refractivity contribution in [2.45, 2.75) is 38.9 Å². The molecule has 6 aromatic rings. The predicted molar refractivity (Wildman–Crippen MR) is 171 cm³/mol. The van der Waals surface area contributed by atoms with Gasteiger partial charge in [-0.25, -0.2) is 19.9 Å². The first kappa shape index (κ1) is 31.0. The lowest BCUT2D eigenvalue weighted by atomic mass is 10.0. The van der Waals surface area contributed by atoms with E-state index in [1.165, 1.54) is 31.3 Å². The molecule has 1 aliphatic rings. The van der Waals surface area contributed by atoms with Gasteiger partial charge in [-0.2, -0.15) is 4.98 Å². The molecule has 16 nitrogen and oxygen atoms in total. The Morgan fingerprint density at radius 2 is 1.19 bits per heavy atom. The van der Waals surface area contributed by atoms with Gasteiger partial charge in [0.2, 0.25) is 35.4 Å². The van der Waals surface area contributed by atoms with Gasteiger partial charge in [0.25, 0.3) is 5.89 Å². The molecule has 2 unspecified atom stereocenters. The molecule has 17 heteroatoms. The van der Waals surface area contributed by atoms with Crippen molar-refractivity contribution in [3.63, 3.8) is 0 Å². The van der Waals surface area contributed by atoms with Gasteiger partial charge in [-0.05, 0) is 46.2 Å². The molecule has 2 atom stereocenters. The van der Waals surface area contributed by atoms with Crippen LogP contribution in [0.5, 0.6) is 0 Å². The monoisotopic (exact) mass is 764 g/mol. The minimum absolute atomic E-state index is 0.00469. The Labute approximate surface area is 284 Å². The number of carbonyl (C=O) groups is 3. The van der Waals surface area contributed by atoms with Crippen molar-refractivity contribution in [1.82, 2.24) is 40.9 Å². The van der Waals surface area contributed by atoms with Gasteiger partial charge in [0.1, 0.15) is 43.4 Å². The van der Waals surface area contributed by atoms with Crippen LogP contribution in [-0.4, -0.2) is 54.7 Å². The second-order valence-corrected chi connectivity index (χ2v) is 12.3. The van der Waals surface area contributed by atoms with E-state index in [2.05, 4.69) is 63.5 Å². The predicted octanol–water partition coefficient (Wildman–Crippen LogP) is 4.01. The zero-order chi connectivity index (χ0) is 33.4. The van der Waals surface area contributed by atoms with Crippen molar-refractivity contribution in [2.75, 3.05) is 0 Å². The molecule has 0 spiro atoms. The summed E-state index contributed by atoms with van der Waals surface area (Å²) in [6.45, 7) is 3.52. The quantitative estimate of drug-likeness (QED) is 0.217. The average Bonchev–Trinajstić information content (AvgIpc) is 3.90. The number of carbonyl (C=O) groups excluding carboxylic acids is 3. The molecule has 0 saturated heterocycles. The Morgan fingerprint density at radius 1 is 0.688 bits per heavy atom. The molecule has 6 heterocycles. The molecule has 0 aliphatic carbocycles. The summed E-state index contributed by atoms with van der Waals surface area (Å²) in [4.78, 5) is 62.1. The molecule has 3 amide bonds. The largest absolute Gasteiger partial charge is 0.443 e. The number of hydrogen-bond acceptors (Lipinski definition) is 13. The number of benzene rings is 1. The van der Waals surface area contributed by atoms with Gasteiger partial charge in [-0.1, -0.05) is 26.0 Å². The molecule has 5 aromatic heterocycles. The topological polar surface area (TPSA) is 217 Å². The number of halogens is 1. The number of oxazole rings is 5. The first-order chi connectivity index (χ1) is 23.2. The molecule has 244 valence electrons. The third-order valence-electron chi connectivity index (χ3n) is 7.30. The molecule has 7 rings (SSSR count). The molecule has 0 fully saturated rings. The van der Waals surface area contributed by atoms with Gasteiger partial charge in [0, 0.05) is 9.99 Å². The molecule has 10 bridgehead atoms. The van der Waals surface area contributed by atoms with Crippen LogP contribution < -0.4 is 16.0 Å². The fourth-order valence-electron chi connectivity index (χ4n) is 4.82. The number of nitrogens with zero attached hydrogens (tertiary/aromatic N) is 5. The van der Waals surface area contributed by atoms with Gasteiger partial charge < -0.3 is 38.0 Å². The van der Waals surface area contributed by atoms with Crippen LogP contribution in [0.15, 0.2) is 77.7 Å². The molecule has 3 N–H and O–H groups in total. The fourth-order valence-corrected chi connectivity index (χ4v) is 5.18. The van der Waals surface area contributed by atoms with E-state index in [0.717, 1.165) is 9.13 Å². The highest BCUT2D eigenvalue weighted by molar-refractivity contribution is 14.1. The second-order valence-electron chi connectivity index (χ2n) is 11.1. The Kier molecular flexibility index (Phi) is 8.34. The van der Waals surface area contributed by atoms with Crippen molar-refractivity contribution in [3.05, 3.63) is 76.3 Å². The van der Waals surface area contributed by atoms with Crippen molar-refractivity contribution >= 4 is 40.3 Å². The highest BCUT2D eigenvalue weighted by atomic mass is 127. The number of fused-ring (bicyclic) bond motifs is 14. The minimum Gasteiger partial charge on any atom is -0.443 e. The van der Waals surface area contributed by atoms with Crippen LogP contribution in [0.25, 0.3) is 46.3 Å². The lowest BCUT2D eigenvalue weighted by molar-refractivity contribution is -0.130. The Morgan fingerprint density at radius 3 is 1.75 bits per heavy atom. The second kappa shape index (κ2) is 12.9. The molecular weight excluding hydrogens is 739 g/mol. The van der Waals surface area contributed by atoms with Crippen LogP contribution in [-0.2, 0) is 22.6 Å². The average molecular weight is 764 g/mol. The highest BCUT2D eigenvalue weighted by Crippen LogP contribution is 2.28. The van der Waals surface area contributed by atoms with Gasteiger partial charge in [-0.3, -0.25) is 14.4 Å². The van der Waals surface area contributed by atoms with Crippen LogP contribution in [0.3, 0.4) is 0 Å². The van der Waals surface area contributed by atoms with Crippen molar-refractivity contribution in [1.29, 1.82) is 0 Å². The van der Waals surface area contributed by atoms with Crippen LogP contribution in [0.4, 0.5) is 0 Å². The van der Waals surface area contributed by atoms with E-state index in [1.807, 2.05) is 24.3 Å². The molecule has 48 heavy (non-hydrogen) atoms. The van der Waals surface area contributed by atoms with E-state index in [4.69, 9.17) is 22.1 Å². The van der Waals surface area contributed by atoms with E-state index in [1.54, 1.807) is 13.8 Å². The molecule has 1 aromatic carbocycles. The van der Waals surface area contributed by atoms with Crippen LogP contribution >= 0.6 is 22.6 Å². The number of aromatic nitrogens is 5. The first-order valence-corrected chi connectivity index (χ1v) is 15.7. The summed E-state index contributed by atoms with van der Waals surface area (Å²) in [7, 11) is 0. The summed E-state index contributed by atoms with van der Waals surface area (Å²) in [6.07, 6.45) is 6.75. The SMILES string of the molecule is CC(C)C1NC(=O)c2nc(co2)-c2nc(co2)-c2nc(co2)-c2nc(co2)-c2nc(co2)CNC(=O)C(Cc2ccc(I)cc2)NC1=O. The summed E-state index contributed by atoms with van der Waals surface area (Å²) in [5.74, 6) is -2.06. The normalized spacial score (nSPS) is 17.0. The zero-order valence-corrected chi connectivity index (χ0v) is 27.4. The summed E-state index contributed by atoms with van der Waals surface area (Å²) >= 11 is 2.19. The standard InChI is InChI=1S/C31H25IN8O8/c1-14(2)23-25(42)35-18(7-15-3-5-16(32)6-4-15)24(41)33-8-17-9-44-27(34-17)19-10-45-28(36-19)20-11-46-29(37-20)21-12-47-30(38-21)22-13-48-31(39-22)26(43)40-23/h3-6,9-14,18,23H,7-8H2,1-2H3,(H,33,41)(H,35,42)(H,40,43). The van der Waals surface area contributed by atoms with E-state index in [9.17, 15) is 14.4 Å². The summed E-state index contributed by atoms with van der Waals surface area (Å²) < 4.78 is 28.7. The maximum Gasteiger partial charge on any atom is 0.307 e. The Balaban J connectivity index is 1.22. The van der Waals surface area contributed by atoms with Crippen molar-refractivity contribution < 1.29 is 36.5 Å². The van der Waals surface area contributed by atoms with Crippen LogP contribution in [0.1, 0.15) is 35.8 Å². The van der Waals surface area contributed by atoms with Gasteiger partial charge in [0.15, 0.2) is 22.8 Å². The maximum atomic E-state index is 13.6. The molecule has 1 aliphatic heterocycles. The van der Waals surface area contributed by atoms with Gasteiger partial charge in [0.05, 0.1) is 12.2 Å². The van der Waals surface area contributed by atoms with Crippen LogP contribution in [0.2, 0.25) is 0 Å². The number of rotatable bonds is 3. The molecular formula is C31H25IN8O8. The van der Waals surface area contributed by atoms with E-state index in [0.29, 0.717) is 5.69 Å².